The van der Waals surface area contributed by atoms with E-state index in [1.165, 1.54) is 0 Å². The van der Waals surface area contributed by atoms with Crippen molar-refractivity contribution in [3.63, 3.8) is 0 Å². The van der Waals surface area contributed by atoms with Crippen LogP contribution >= 0.6 is 0 Å². The van der Waals surface area contributed by atoms with E-state index in [2.05, 4.69) is 15.3 Å². The second-order valence-electron chi connectivity index (χ2n) is 6.03. The fraction of sp³-hybridized carbons (Fsp3) is 0.211. The summed E-state index contributed by atoms with van der Waals surface area (Å²) in [6.45, 7) is 1.03. The lowest BCUT2D eigenvalue weighted by Gasteiger charge is -2.07. The molecule has 2 aromatic carbocycles. The summed E-state index contributed by atoms with van der Waals surface area (Å²) in [7, 11) is 1.97. The zero-order chi connectivity index (χ0) is 17.2. The molecule has 2 heterocycles. The summed E-state index contributed by atoms with van der Waals surface area (Å²) in [5, 5.41) is 2.96. The van der Waals surface area contributed by atoms with E-state index in [1.54, 1.807) is 6.33 Å². The lowest BCUT2D eigenvalue weighted by molar-refractivity contribution is -0.121. The fourth-order valence-electron chi connectivity index (χ4n) is 3.03. The third kappa shape index (κ3) is 2.98. The van der Waals surface area contributed by atoms with Crippen molar-refractivity contribution in [2.24, 2.45) is 7.05 Å². The van der Waals surface area contributed by atoms with E-state index in [0.29, 0.717) is 19.5 Å². The van der Waals surface area contributed by atoms with Crippen molar-refractivity contribution in [1.29, 1.82) is 0 Å². The van der Waals surface area contributed by atoms with Crippen molar-refractivity contribution in [2.75, 3.05) is 0 Å². The van der Waals surface area contributed by atoms with Crippen LogP contribution in [0.3, 0.4) is 0 Å². The van der Waals surface area contributed by atoms with Crippen LogP contribution in [0, 0.1) is 0 Å². The van der Waals surface area contributed by atoms with E-state index in [9.17, 15) is 4.79 Å². The zero-order valence-corrected chi connectivity index (χ0v) is 14.0. The molecule has 1 amide bonds. The fourth-order valence-corrected chi connectivity index (χ4v) is 3.03. The molecule has 0 unspecified atom stereocenters. The maximum absolute atomic E-state index is 12.2. The highest BCUT2D eigenvalue weighted by molar-refractivity contribution is 5.78. The molecule has 0 aliphatic rings. The Hall–Kier alpha value is -3.15. The van der Waals surface area contributed by atoms with E-state index in [0.717, 1.165) is 27.9 Å². The molecule has 0 saturated carbocycles. The minimum absolute atomic E-state index is 0.00448. The zero-order valence-electron chi connectivity index (χ0n) is 14.0. The Balaban J connectivity index is 1.38. The standard InChI is InChI=1S/C19H19N5O/c1-23-16-8-4-3-7-15(16)22-18(23)12-20-19(25)10-11-24-13-21-14-6-2-5-9-17(14)24/h2-9,13H,10-12H2,1H3,(H,20,25). The van der Waals surface area contributed by atoms with E-state index >= 15 is 0 Å². The van der Waals surface area contributed by atoms with Crippen molar-refractivity contribution < 1.29 is 4.79 Å². The van der Waals surface area contributed by atoms with Crippen LogP contribution in [-0.4, -0.2) is 25.0 Å². The van der Waals surface area contributed by atoms with Crippen molar-refractivity contribution in [2.45, 2.75) is 19.5 Å². The number of para-hydroxylation sites is 4. The molecule has 0 aliphatic heterocycles. The topological polar surface area (TPSA) is 64.7 Å². The number of benzene rings is 2. The average molecular weight is 333 g/mol. The number of nitrogens with zero attached hydrogens (tertiary/aromatic N) is 4. The van der Waals surface area contributed by atoms with Crippen LogP contribution in [0.15, 0.2) is 54.9 Å². The predicted octanol–water partition coefficient (Wildman–Crippen LogP) is 2.63. The third-order valence-corrected chi connectivity index (χ3v) is 4.43. The minimum Gasteiger partial charge on any atom is -0.349 e. The van der Waals surface area contributed by atoms with Crippen LogP contribution in [-0.2, 0) is 24.9 Å². The van der Waals surface area contributed by atoms with Gasteiger partial charge in [-0.25, -0.2) is 9.97 Å². The summed E-state index contributed by atoms with van der Waals surface area (Å²) in [5.74, 6) is 0.854. The Morgan fingerprint density at radius 2 is 1.76 bits per heavy atom. The molecule has 126 valence electrons. The number of carbonyl (C=O) groups is 1. The molecule has 2 aromatic heterocycles. The summed E-state index contributed by atoms with van der Waals surface area (Å²) < 4.78 is 4.02. The van der Waals surface area contributed by atoms with Crippen LogP contribution in [0.5, 0.6) is 0 Å². The maximum Gasteiger partial charge on any atom is 0.222 e. The summed E-state index contributed by atoms with van der Waals surface area (Å²) in [4.78, 5) is 21.1. The molecule has 4 aromatic rings. The quantitative estimate of drug-likeness (QED) is 0.610. The molecule has 0 saturated heterocycles. The van der Waals surface area contributed by atoms with Gasteiger partial charge in [0.15, 0.2) is 0 Å². The number of aryl methyl sites for hydroxylation is 2. The van der Waals surface area contributed by atoms with E-state index in [4.69, 9.17) is 0 Å². The molecule has 0 aliphatic carbocycles. The van der Waals surface area contributed by atoms with Gasteiger partial charge in [0.25, 0.3) is 0 Å². The third-order valence-electron chi connectivity index (χ3n) is 4.43. The second kappa shape index (κ2) is 6.39. The van der Waals surface area contributed by atoms with Crippen LogP contribution in [0.1, 0.15) is 12.2 Å². The van der Waals surface area contributed by atoms with Gasteiger partial charge in [0.1, 0.15) is 5.82 Å². The Kier molecular flexibility index (Phi) is 3.93. The highest BCUT2D eigenvalue weighted by Crippen LogP contribution is 2.14. The molecule has 0 radical (unpaired) electrons. The highest BCUT2D eigenvalue weighted by atomic mass is 16.1. The Bertz CT molecular complexity index is 1050. The number of rotatable bonds is 5. The molecule has 6 nitrogen and oxygen atoms in total. The van der Waals surface area contributed by atoms with Crippen LogP contribution in [0.4, 0.5) is 0 Å². The minimum atomic E-state index is 0.00448. The molecule has 0 atom stereocenters. The van der Waals surface area contributed by atoms with Crippen LogP contribution < -0.4 is 5.32 Å². The molecule has 0 fully saturated rings. The first-order valence-corrected chi connectivity index (χ1v) is 8.29. The van der Waals surface area contributed by atoms with Crippen molar-refractivity contribution in [3.05, 3.63) is 60.7 Å². The van der Waals surface area contributed by atoms with Gasteiger partial charge < -0.3 is 14.5 Å². The first-order valence-electron chi connectivity index (χ1n) is 8.29. The Morgan fingerprint density at radius 1 is 1.04 bits per heavy atom. The van der Waals surface area contributed by atoms with E-state index < -0.39 is 0 Å². The SMILES string of the molecule is Cn1c(CNC(=O)CCn2cnc3ccccc32)nc2ccccc21. The van der Waals surface area contributed by atoms with Gasteiger partial charge in [-0.1, -0.05) is 24.3 Å². The second-order valence-corrected chi connectivity index (χ2v) is 6.03. The van der Waals surface area contributed by atoms with Crippen molar-refractivity contribution in [1.82, 2.24) is 24.4 Å². The average Bonchev–Trinajstić information content (AvgIpc) is 3.20. The Labute approximate surface area is 145 Å². The summed E-state index contributed by atoms with van der Waals surface area (Å²) in [6, 6.07) is 15.9. The first kappa shape index (κ1) is 15.4. The normalized spacial score (nSPS) is 11.2. The molecule has 25 heavy (non-hydrogen) atoms. The molecular formula is C19H19N5O. The van der Waals surface area contributed by atoms with Gasteiger partial charge in [-0.3, -0.25) is 4.79 Å². The molecule has 4 rings (SSSR count). The summed E-state index contributed by atoms with van der Waals surface area (Å²) in [6.07, 6.45) is 2.19. The molecule has 0 bridgehead atoms. The number of imidazole rings is 2. The van der Waals surface area contributed by atoms with Gasteiger partial charge in [-0.15, -0.1) is 0 Å². The van der Waals surface area contributed by atoms with Crippen molar-refractivity contribution in [3.8, 4) is 0 Å². The van der Waals surface area contributed by atoms with Gasteiger partial charge in [0, 0.05) is 20.0 Å². The highest BCUT2D eigenvalue weighted by Gasteiger charge is 2.09. The van der Waals surface area contributed by atoms with Gasteiger partial charge in [0.2, 0.25) is 5.91 Å². The molecule has 1 N–H and O–H groups in total. The molecule has 6 heteroatoms. The lowest BCUT2D eigenvalue weighted by atomic mass is 10.3. The number of amides is 1. The predicted molar refractivity (Wildman–Crippen MR) is 96.9 cm³/mol. The summed E-state index contributed by atoms with van der Waals surface area (Å²) in [5.41, 5.74) is 4.00. The molecular weight excluding hydrogens is 314 g/mol. The lowest BCUT2D eigenvalue weighted by Crippen LogP contribution is -2.25. The maximum atomic E-state index is 12.2. The number of carbonyl (C=O) groups excluding carboxylic acids is 1. The number of hydrogen-bond donors (Lipinski definition) is 1. The first-order chi connectivity index (χ1) is 12.2. The van der Waals surface area contributed by atoms with Crippen LogP contribution in [0.25, 0.3) is 22.1 Å². The summed E-state index contributed by atoms with van der Waals surface area (Å²) >= 11 is 0. The van der Waals surface area contributed by atoms with E-state index in [-0.39, 0.29) is 5.91 Å². The van der Waals surface area contributed by atoms with Gasteiger partial charge in [0.05, 0.1) is 34.9 Å². The number of nitrogens with one attached hydrogen (secondary N) is 1. The number of aromatic nitrogens is 4. The number of fused-ring (bicyclic) bond motifs is 2. The van der Waals surface area contributed by atoms with Gasteiger partial charge >= 0.3 is 0 Å². The monoisotopic (exact) mass is 333 g/mol. The number of hydrogen-bond acceptors (Lipinski definition) is 3. The van der Waals surface area contributed by atoms with Gasteiger partial charge in [-0.05, 0) is 24.3 Å². The van der Waals surface area contributed by atoms with E-state index in [1.807, 2.05) is 64.7 Å². The molecule has 0 spiro atoms. The smallest absolute Gasteiger partial charge is 0.222 e. The Morgan fingerprint density at radius 3 is 2.56 bits per heavy atom. The van der Waals surface area contributed by atoms with Gasteiger partial charge in [-0.2, -0.15) is 0 Å². The van der Waals surface area contributed by atoms with Crippen LogP contribution in [0.2, 0.25) is 0 Å². The van der Waals surface area contributed by atoms with Crippen molar-refractivity contribution >= 4 is 28.0 Å². The largest absolute Gasteiger partial charge is 0.349 e.